The molecule has 0 unspecified atom stereocenters. The number of hydrogen-bond acceptors (Lipinski definition) is 7. The molecule has 3 N–H and O–H groups in total. The molecule has 2 aromatic rings. The molecule has 46 heavy (non-hydrogen) atoms. The summed E-state index contributed by atoms with van der Waals surface area (Å²) < 4.78 is 27.5. The minimum absolute atomic E-state index is 0.144. The summed E-state index contributed by atoms with van der Waals surface area (Å²) in [5.41, 5.74) is 0.680. The van der Waals surface area contributed by atoms with Crippen molar-refractivity contribution >= 4 is 27.7 Å². The highest BCUT2D eigenvalue weighted by molar-refractivity contribution is 7.89. The van der Waals surface area contributed by atoms with E-state index in [1.807, 2.05) is 60.6 Å². The number of rotatable bonds is 13. The van der Waals surface area contributed by atoms with Gasteiger partial charge >= 0.3 is 0 Å². The molecule has 0 saturated heterocycles. The second kappa shape index (κ2) is 15.5. The van der Waals surface area contributed by atoms with Crippen LogP contribution in [0.5, 0.6) is 0 Å². The van der Waals surface area contributed by atoms with E-state index in [4.69, 9.17) is 0 Å². The van der Waals surface area contributed by atoms with Crippen molar-refractivity contribution in [1.82, 2.24) is 20.3 Å². The van der Waals surface area contributed by atoms with Crippen LogP contribution in [0.1, 0.15) is 72.1 Å². The first-order valence-electron chi connectivity index (χ1n) is 15.3. The average Bonchev–Trinajstić information content (AvgIpc) is 2.97. The van der Waals surface area contributed by atoms with E-state index in [0.717, 1.165) is 5.56 Å². The van der Waals surface area contributed by atoms with Crippen molar-refractivity contribution < 1.29 is 22.8 Å². The Balaban J connectivity index is 2.31. The van der Waals surface area contributed by atoms with Gasteiger partial charge < -0.3 is 15.5 Å². The summed E-state index contributed by atoms with van der Waals surface area (Å²) in [5.74, 6) is -1.98. The topological polar surface area (TPSA) is 148 Å². The van der Waals surface area contributed by atoms with Gasteiger partial charge in [0, 0.05) is 18.0 Å². The van der Waals surface area contributed by atoms with Crippen molar-refractivity contribution in [2.45, 2.75) is 84.7 Å². The van der Waals surface area contributed by atoms with Gasteiger partial charge in [-0.05, 0) is 48.6 Å². The molecule has 250 valence electrons. The molecular formula is C35H49N5O5S. The molecule has 3 atom stereocenters. The van der Waals surface area contributed by atoms with Crippen LogP contribution >= 0.6 is 0 Å². The molecule has 0 radical (unpaired) electrons. The number of nitrogens with one attached hydrogen (secondary N) is 3. The summed E-state index contributed by atoms with van der Waals surface area (Å²) in [7, 11) is -0.656. The van der Waals surface area contributed by atoms with Crippen molar-refractivity contribution in [2.75, 3.05) is 14.1 Å². The smallest absolute Gasteiger partial charge is 0.260 e. The van der Waals surface area contributed by atoms with Crippen LogP contribution in [0.2, 0.25) is 0 Å². The van der Waals surface area contributed by atoms with Crippen LogP contribution < -0.4 is 15.4 Å². The fourth-order valence-electron chi connectivity index (χ4n) is 5.32. The van der Waals surface area contributed by atoms with Crippen LogP contribution in [0.3, 0.4) is 0 Å². The zero-order valence-corrected chi connectivity index (χ0v) is 29.5. The van der Waals surface area contributed by atoms with Gasteiger partial charge in [-0.3, -0.25) is 14.4 Å². The van der Waals surface area contributed by atoms with Gasteiger partial charge in [0.25, 0.3) is 5.91 Å². The lowest BCUT2D eigenvalue weighted by atomic mass is 9.76. The maximum Gasteiger partial charge on any atom is 0.260 e. The SMILES string of the molecule is CN[C@H](C(=O)N[C@H](C(=O)N(C)[C@H](C=C(C)C(=O)NS(=O)(=O)Cc1ccccc1)C(C)C)C(C)(C)C)C(C)(C)c1ccc(C#N)cc1. The van der Waals surface area contributed by atoms with Crippen LogP contribution in [0.15, 0.2) is 66.2 Å². The van der Waals surface area contributed by atoms with Crippen LogP contribution in [-0.4, -0.2) is 63.3 Å². The lowest BCUT2D eigenvalue weighted by Crippen LogP contribution is -2.61. The maximum atomic E-state index is 14.1. The number of likely N-dealkylation sites (N-methyl/N-ethyl adjacent to an activating group) is 2. The van der Waals surface area contributed by atoms with E-state index in [0.29, 0.717) is 11.1 Å². The Morgan fingerprint density at radius 3 is 2.00 bits per heavy atom. The molecule has 0 aliphatic carbocycles. The molecular weight excluding hydrogens is 602 g/mol. The number of sulfonamides is 1. The monoisotopic (exact) mass is 651 g/mol. The summed E-state index contributed by atoms with van der Waals surface area (Å²) in [6.07, 6.45) is 1.59. The summed E-state index contributed by atoms with van der Waals surface area (Å²) in [5, 5.41) is 15.3. The summed E-state index contributed by atoms with van der Waals surface area (Å²) in [6, 6.07) is 15.5. The highest BCUT2D eigenvalue weighted by Gasteiger charge is 2.41. The second-order valence-electron chi connectivity index (χ2n) is 13.6. The van der Waals surface area contributed by atoms with E-state index < -0.39 is 44.9 Å². The predicted molar refractivity (Wildman–Crippen MR) is 181 cm³/mol. The normalized spacial score (nSPS) is 14.5. The summed E-state index contributed by atoms with van der Waals surface area (Å²) >= 11 is 0. The first-order valence-corrected chi connectivity index (χ1v) is 16.9. The molecule has 3 amide bonds. The molecule has 10 nitrogen and oxygen atoms in total. The minimum atomic E-state index is -3.95. The largest absolute Gasteiger partial charge is 0.342 e. The molecule has 0 aliphatic heterocycles. The van der Waals surface area contributed by atoms with E-state index in [2.05, 4.69) is 21.4 Å². The molecule has 2 aromatic carbocycles. The fourth-order valence-corrected chi connectivity index (χ4v) is 6.47. The van der Waals surface area contributed by atoms with E-state index >= 15 is 0 Å². The standard InChI is InChI=1S/C35H49N5O5S/c1-23(2)28(20-24(3)31(41)39-46(44,45)22-26-14-12-11-13-15-26)40(10)33(43)30(34(4,5)6)38-32(42)29(37-9)35(7,8)27-18-16-25(21-36)17-19-27/h11-20,23,28-30,37H,22H2,1-10H3,(H,38,42)(H,39,41)/t28-,29-,30-/m1/s1. The van der Waals surface area contributed by atoms with Gasteiger partial charge in [0.05, 0.1) is 29.5 Å². The number of hydrogen-bond donors (Lipinski definition) is 3. The van der Waals surface area contributed by atoms with Gasteiger partial charge in [-0.1, -0.05) is 97.0 Å². The van der Waals surface area contributed by atoms with Crippen LogP contribution in [0, 0.1) is 22.7 Å². The maximum absolute atomic E-state index is 14.1. The number of nitrogens with zero attached hydrogens (tertiary/aromatic N) is 2. The Bertz CT molecular complexity index is 1550. The molecule has 0 aromatic heterocycles. The number of benzene rings is 2. The Morgan fingerprint density at radius 2 is 1.52 bits per heavy atom. The Morgan fingerprint density at radius 1 is 0.957 bits per heavy atom. The molecule has 11 heteroatoms. The van der Waals surface area contributed by atoms with Crippen molar-refractivity contribution in [3.63, 3.8) is 0 Å². The van der Waals surface area contributed by atoms with Gasteiger partial charge in [-0.25, -0.2) is 13.1 Å². The van der Waals surface area contributed by atoms with Gasteiger partial charge in [0.15, 0.2) is 0 Å². The van der Waals surface area contributed by atoms with Gasteiger partial charge in [-0.15, -0.1) is 0 Å². The van der Waals surface area contributed by atoms with Crippen molar-refractivity contribution in [2.24, 2.45) is 11.3 Å². The van der Waals surface area contributed by atoms with E-state index in [-0.39, 0.29) is 29.1 Å². The number of carbonyl (C=O) groups is 3. The van der Waals surface area contributed by atoms with Crippen LogP contribution in [0.4, 0.5) is 0 Å². The third-order valence-electron chi connectivity index (χ3n) is 8.13. The third-order valence-corrected chi connectivity index (χ3v) is 9.34. The molecule has 0 fully saturated rings. The first-order chi connectivity index (χ1) is 21.2. The molecule has 0 saturated carbocycles. The second-order valence-corrected chi connectivity index (χ2v) is 15.4. The summed E-state index contributed by atoms with van der Waals surface area (Å²) in [6.45, 7) is 14.7. The molecule has 2 rings (SSSR count). The quantitative estimate of drug-likeness (QED) is 0.277. The van der Waals surface area contributed by atoms with Gasteiger partial charge in [-0.2, -0.15) is 5.26 Å². The fraction of sp³-hybridized carbons (Fsp3) is 0.486. The average molecular weight is 652 g/mol. The van der Waals surface area contributed by atoms with Gasteiger partial charge in [0.2, 0.25) is 21.8 Å². The van der Waals surface area contributed by atoms with Crippen molar-refractivity contribution in [3.05, 3.63) is 82.9 Å². The zero-order chi connectivity index (χ0) is 35.0. The zero-order valence-electron chi connectivity index (χ0n) is 28.6. The Hall–Kier alpha value is -4.01. The van der Waals surface area contributed by atoms with Crippen LogP contribution in [-0.2, 0) is 35.6 Å². The lowest BCUT2D eigenvalue weighted by molar-refractivity contribution is -0.140. The molecule has 0 spiro atoms. The highest BCUT2D eigenvalue weighted by atomic mass is 32.2. The minimum Gasteiger partial charge on any atom is -0.342 e. The number of carbonyl (C=O) groups excluding carboxylic acids is 3. The molecule has 0 bridgehead atoms. The van der Waals surface area contributed by atoms with E-state index in [1.54, 1.807) is 62.6 Å². The van der Waals surface area contributed by atoms with Crippen molar-refractivity contribution in [1.29, 1.82) is 5.26 Å². The molecule has 0 aliphatic rings. The Labute approximate surface area is 274 Å². The van der Waals surface area contributed by atoms with E-state index in [9.17, 15) is 28.1 Å². The highest BCUT2D eigenvalue weighted by Crippen LogP contribution is 2.29. The molecule has 0 heterocycles. The predicted octanol–water partition coefficient (Wildman–Crippen LogP) is 4.03. The first kappa shape index (κ1) is 38.2. The van der Waals surface area contributed by atoms with Gasteiger partial charge in [0.1, 0.15) is 6.04 Å². The third kappa shape index (κ3) is 9.99. The Kier molecular flexibility index (Phi) is 12.9. The number of nitriles is 1. The lowest BCUT2D eigenvalue weighted by Gasteiger charge is -2.40. The van der Waals surface area contributed by atoms with Crippen LogP contribution in [0.25, 0.3) is 0 Å². The van der Waals surface area contributed by atoms with E-state index in [1.165, 1.54) is 11.8 Å². The van der Waals surface area contributed by atoms with Crippen molar-refractivity contribution in [3.8, 4) is 6.07 Å². The summed E-state index contributed by atoms with van der Waals surface area (Å²) in [4.78, 5) is 42.4. The number of amides is 3.